The van der Waals surface area contributed by atoms with Gasteiger partial charge in [0.05, 0.1) is 11.6 Å². The Bertz CT molecular complexity index is 413. The largest absolute Gasteiger partial charge is 0.496 e. The quantitative estimate of drug-likeness (QED) is 0.755. The number of benzene rings is 1. The van der Waals surface area contributed by atoms with E-state index in [4.69, 9.17) is 4.74 Å². The van der Waals surface area contributed by atoms with Crippen LogP contribution in [0.5, 0.6) is 5.75 Å². The van der Waals surface area contributed by atoms with Crippen LogP contribution in [0.1, 0.15) is 57.1 Å². The van der Waals surface area contributed by atoms with E-state index >= 15 is 0 Å². The van der Waals surface area contributed by atoms with Crippen molar-refractivity contribution in [3.8, 4) is 5.75 Å². The molecule has 0 saturated heterocycles. The van der Waals surface area contributed by atoms with Gasteiger partial charge in [-0.1, -0.05) is 31.7 Å². The number of nitrogens with one attached hydrogen (secondary N) is 1. The van der Waals surface area contributed by atoms with Gasteiger partial charge in [0.15, 0.2) is 0 Å². The van der Waals surface area contributed by atoms with Gasteiger partial charge in [-0.15, -0.1) is 0 Å². The van der Waals surface area contributed by atoms with Gasteiger partial charge in [-0.3, -0.25) is 0 Å². The van der Waals surface area contributed by atoms with Gasteiger partial charge in [-0.25, -0.2) is 0 Å². The Morgan fingerprint density at radius 1 is 1.25 bits per heavy atom. The third-order valence-corrected chi connectivity index (χ3v) is 4.98. The summed E-state index contributed by atoms with van der Waals surface area (Å²) in [5, 5.41) is 3.70. The molecule has 1 aliphatic carbocycles. The van der Waals surface area contributed by atoms with E-state index in [9.17, 15) is 0 Å². The van der Waals surface area contributed by atoms with Gasteiger partial charge >= 0.3 is 0 Å². The highest BCUT2D eigenvalue weighted by molar-refractivity contribution is 9.10. The first kappa shape index (κ1) is 15.8. The predicted molar refractivity (Wildman–Crippen MR) is 88.3 cm³/mol. The van der Waals surface area contributed by atoms with E-state index in [1.54, 1.807) is 7.11 Å². The van der Waals surface area contributed by atoms with E-state index in [2.05, 4.69) is 40.3 Å². The van der Waals surface area contributed by atoms with Gasteiger partial charge in [0.2, 0.25) is 0 Å². The highest BCUT2D eigenvalue weighted by Gasteiger charge is 2.14. The van der Waals surface area contributed by atoms with Crippen LogP contribution in [0.2, 0.25) is 0 Å². The molecule has 3 heteroatoms. The zero-order chi connectivity index (χ0) is 14.4. The minimum Gasteiger partial charge on any atom is -0.496 e. The zero-order valence-electron chi connectivity index (χ0n) is 12.6. The Morgan fingerprint density at radius 3 is 2.55 bits per heavy atom. The molecule has 20 heavy (non-hydrogen) atoms. The maximum absolute atomic E-state index is 5.28. The van der Waals surface area contributed by atoms with Crippen molar-refractivity contribution in [1.29, 1.82) is 0 Å². The van der Waals surface area contributed by atoms with Gasteiger partial charge in [0.1, 0.15) is 5.75 Å². The molecule has 1 aromatic carbocycles. The van der Waals surface area contributed by atoms with Gasteiger partial charge in [0.25, 0.3) is 0 Å². The number of halogens is 1. The first-order valence-corrected chi connectivity index (χ1v) is 8.57. The van der Waals surface area contributed by atoms with Crippen molar-refractivity contribution < 1.29 is 4.74 Å². The molecule has 0 aliphatic heterocycles. The third-order valence-electron chi connectivity index (χ3n) is 4.36. The van der Waals surface area contributed by atoms with E-state index in [1.807, 2.05) is 6.07 Å². The van der Waals surface area contributed by atoms with Crippen LogP contribution in [-0.4, -0.2) is 13.7 Å². The van der Waals surface area contributed by atoms with Gasteiger partial charge in [-0.2, -0.15) is 0 Å². The van der Waals surface area contributed by atoms with Crippen molar-refractivity contribution in [3.05, 3.63) is 28.2 Å². The normalized spacial score (nSPS) is 18.6. The van der Waals surface area contributed by atoms with Crippen LogP contribution in [0.15, 0.2) is 22.7 Å². The molecule has 1 aromatic rings. The van der Waals surface area contributed by atoms with E-state index in [0.29, 0.717) is 6.04 Å². The molecular weight excluding hydrogens is 314 g/mol. The highest BCUT2D eigenvalue weighted by atomic mass is 79.9. The average Bonchev–Trinajstić information content (AvgIpc) is 2.73. The molecule has 1 saturated carbocycles. The SMILES string of the molecule is COc1ccc(C(C)NCC2CCCCCC2)cc1Br. The summed E-state index contributed by atoms with van der Waals surface area (Å²) in [5.41, 5.74) is 1.31. The summed E-state index contributed by atoms with van der Waals surface area (Å²) in [6, 6.07) is 6.72. The molecule has 0 heterocycles. The van der Waals surface area contributed by atoms with Crippen LogP contribution in [0.4, 0.5) is 0 Å². The summed E-state index contributed by atoms with van der Waals surface area (Å²) in [6.45, 7) is 3.38. The second-order valence-electron chi connectivity index (χ2n) is 5.88. The number of hydrogen-bond donors (Lipinski definition) is 1. The zero-order valence-corrected chi connectivity index (χ0v) is 14.2. The lowest BCUT2D eigenvalue weighted by molar-refractivity contribution is 0.401. The molecule has 1 atom stereocenters. The van der Waals surface area contributed by atoms with Crippen molar-refractivity contribution >= 4 is 15.9 Å². The minimum absolute atomic E-state index is 0.389. The van der Waals surface area contributed by atoms with E-state index in [-0.39, 0.29) is 0 Å². The second-order valence-corrected chi connectivity index (χ2v) is 6.74. The molecule has 112 valence electrons. The highest BCUT2D eigenvalue weighted by Crippen LogP contribution is 2.28. The molecule has 0 radical (unpaired) electrons. The summed E-state index contributed by atoms with van der Waals surface area (Å²) >= 11 is 3.56. The molecule has 0 amide bonds. The van der Waals surface area contributed by atoms with Crippen LogP contribution < -0.4 is 10.1 Å². The number of rotatable bonds is 5. The molecule has 1 aliphatic rings. The third kappa shape index (κ3) is 4.49. The summed E-state index contributed by atoms with van der Waals surface area (Å²) in [6.07, 6.45) is 8.47. The average molecular weight is 340 g/mol. The van der Waals surface area contributed by atoms with Gasteiger partial charge in [-0.05, 0) is 65.9 Å². The fraction of sp³-hybridized carbons (Fsp3) is 0.647. The molecule has 0 aromatic heterocycles. The molecule has 1 N–H and O–H groups in total. The summed E-state index contributed by atoms with van der Waals surface area (Å²) in [5.74, 6) is 1.76. The molecule has 0 bridgehead atoms. The Balaban J connectivity index is 1.87. The molecule has 2 nitrogen and oxygen atoms in total. The minimum atomic E-state index is 0.389. The first-order valence-electron chi connectivity index (χ1n) is 7.77. The fourth-order valence-electron chi connectivity index (χ4n) is 2.98. The summed E-state index contributed by atoms with van der Waals surface area (Å²) < 4.78 is 6.31. The van der Waals surface area contributed by atoms with Crippen molar-refractivity contribution in [2.75, 3.05) is 13.7 Å². The van der Waals surface area contributed by atoms with Crippen molar-refractivity contribution in [1.82, 2.24) is 5.32 Å². The van der Waals surface area contributed by atoms with Gasteiger partial charge < -0.3 is 10.1 Å². The smallest absolute Gasteiger partial charge is 0.133 e. The Hall–Kier alpha value is -0.540. The molecule has 1 unspecified atom stereocenters. The van der Waals surface area contributed by atoms with Crippen LogP contribution in [-0.2, 0) is 0 Å². The number of methoxy groups -OCH3 is 1. The van der Waals surface area contributed by atoms with E-state index in [0.717, 1.165) is 22.7 Å². The first-order chi connectivity index (χ1) is 9.70. The predicted octanol–water partition coefficient (Wildman–Crippen LogP) is 5.08. The Morgan fingerprint density at radius 2 is 1.95 bits per heavy atom. The van der Waals surface area contributed by atoms with Crippen molar-refractivity contribution in [2.45, 2.75) is 51.5 Å². The van der Waals surface area contributed by atoms with Gasteiger partial charge in [0, 0.05) is 6.04 Å². The van der Waals surface area contributed by atoms with E-state index in [1.165, 1.54) is 44.1 Å². The molecule has 1 fully saturated rings. The standard InChI is InChI=1S/C17H26BrNO/c1-13(15-9-10-17(20-2)16(18)11-15)19-12-14-7-5-3-4-6-8-14/h9-11,13-14,19H,3-8,12H2,1-2H3. The fourth-order valence-corrected chi connectivity index (χ4v) is 3.54. The Labute approximate surface area is 131 Å². The van der Waals surface area contributed by atoms with Crippen molar-refractivity contribution in [2.24, 2.45) is 5.92 Å². The monoisotopic (exact) mass is 339 g/mol. The van der Waals surface area contributed by atoms with E-state index < -0.39 is 0 Å². The topological polar surface area (TPSA) is 21.3 Å². The molecule has 2 rings (SSSR count). The summed E-state index contributed by atoms with van der Waals surface area (Å²) in [4.78, 5) is 0. The lowest BCUT2D eigenvalue weighted by atomic mass is 9.99. The number of ether oxygens (including phenoxy) is 1. The maximum atomic E-state index is 5.28. The van der Waals surface area contributed by atoms with Crippen LogP contribution in [0, 0.1) is 5.92 Å². The number of hydrogen-bond acceptors (Lipinski definition) is 2. The molecular formula is C17H26BrNO. The van der Waals surface area contributed by atoms with Crippen LogP contribution in [0.25, 0.3) is 0 Å². The Kier molecular flexibility index (Phi) is 6.37. The lowest BCUT2D eigenvalue weighted by Gasteiger charge is -2.20. The van der Waals surface area contributed by atoms with Crippen LogP contribution in [0.3, 0.4) is 0 Å². The van der Waals surface area contributed by atoms with Crippen LogP contribution >= 0.6 is 15.9 Å². The molecule has 0 spiro atoms. The second kappa shape index (κ2) is 8.04. The lowest BCUT2D eigenvalue weighted by Crippen LogP contribution is -2.25. The van der Waals surface area contributed by atoms with Crippen molar-refractivity contribution in [3.63, 3.8) is 0 Å². The maximum Gasteiger partial charge on any atom is 0.133 e. The summed E-state index contributed by atoms with van der Waals surface area (Å²) in [7, 11) is 1.70.